The van der Waals surface area contributed by atoms with Gasteiger partial charge in [0.2, 0.25) is 0 Å². The first-order chi connectivity index (χ1) is 10.4. The number of hydrogen-bond donors (Lipinski definition) is 1. The third-order valence-electron chi connectivity index (χ3n) is 4.83. The van der Waals surface area contributed by atoms with E-state index in [4.69, 9.17) is 4.74 Å². The molecule has 22 heavy (non-hydrogen) atoms. The number of nitrogens with zero attached hydrogens (tertiary/aromatic N) is 1. The summed E-state index contributed by atoms with van der Waals surface area (Å²) in [5.74, 6) is 0.884. The summed E-state index contributed by atoms with van der Waals surface area (Å²) < 4.78 is 5.49. The molecule has 0 radical (unpaired) electrons. The largest absolute Gasteiger partial charge is 0.493 e. The second-order valence-corrected chi connectivity index (χ2v) is 6.53. The van der Waals surface area contributed by atoms with E-state index < -0.39 is 5.54 Å². The summed E-state index contributed by atoms with van der Waals surface area (Å²) >= 11 is 0. The lowest BCUT2D eigenvalue weighted by Gasteiger charge is -2.25. The normalized spacial score (nSPS) is 23.7. The minimum absolute atomic E-state index is 0.0612. The summed E-state index contributed by atoms with van der Waals surface area (Å²) in [5.41, 5.74) is 1.55. The SMILES string of the molecule is CC(C)C1(C)NC(=O)N(CCc2ccc3c(c2)CCO3)C1=O. The number of ether oxygens (including phenoxy) is 1. The molecule has 2 aliphatic rings. The van der Waals surface area contributed by atoms with Crippen LogP contribution in [0.15, 0.2) is 18.2 Å². The van der Waals surface area contributed by atoms with Gasteiger partial charge in [0.25, 0.3) is 5.91 Å². The van der Waals surface area contributed by atoms with Gasteiger partial charge in [-0.2, -0.15) is 0 Å². The van der Waals surface area contributed by atoms with Crippen molar-refractivity contribution in [2.24, 2.45) is 5.92 Å². The van der Waals surface area contributed by atoms with E-state index in [0.29, 0.717) is 13.0 Å². The van der Waals surface area contributed by atoms with Crippen molar-refractivity contribution in [3.63, 3.8) is 0 Å². The maximum atomic E-state index is 12.5. The second-order valence-electron chi connectivity index (χ2n) is 6.53. The quantitative estimate of drug-likeness (QED) is 0.867. The molecule has 0 spiro atoms. The number of carbonyl (C=O) groups is 2. The maximum absolute atomic E-state index is 12.5. The van der Waals surface area contributed by atoms with E-state index in [9.17, 15) is 9.59 Å². The molecule has 1 saturated heterocycles. The van der Waals surface area contributed by atoms with Crippen molar-refractivity contribution in [3.05, 3.63) is 29.3 Å². The molecule has 1 N–H and O–H groups in total. The zero-order valence-corrected chi connectivity index (χ0v) is 13.3. The molecule has 3 rings (SSSR count). The van der Waals surface area contributed by atoms with E-state index in [-0.39, 0.29) is 17.9 Å². The lowest BCUT2D eigenvalue weighted by Crippen LogP contribution is -2.48. The van der Waals surface area contributed by atoms with E-state index >= 15 is 0 Å². The number of imide groups is 1. The first-order valence-electron chi connectivity index (χ1n) is 7.80. The zero-order chi connectivity index (χ0) is 15.9. The van der Waals surface area contributed by atoms with Crippen LogP contribution in [0.1, 0.15) is 31.9 Å². The topological polar surface area (TPSA) is 58.6 Å². The highest BCUT2D eigenvalue weighted by Crippen LogP contribution is 2.28. The Bertz CT molecular complexity index is 626. The molecular weight excluding hydrogens is 280 g/mol. The number of amides is 3. The van der Waals surface area contributed by atoms with Crippen molar-refractivity contribution in [2.75, 3.05) is 13.2 Å². The molecule has 5 heteroatoms. The van der Waals surface area contributed by atoms with E-state index in [1.165, 1.54) is 10.5 Å². The Hall–Kier alpha value is -2.04. The summed E-state index contributed by atoms with van der Waals surface area (Å²) in [6.45, 7) is 6.83. The van der Waals surface area contributed by atoms with Crippen molar-refractivity contribution >= 4 is 11.9 Å². The smallest absolute Gasteiger partial charge is 0.325 e. The van der Waals surface area contributed by atoms with Gasteiger partial charge in [0, 0.05) is 13.0 Å². The number of hydrogen-bond acceptors (Lipinski definition) is 3. The molecular formula is C17H22N2O3. The van der Waals surface area contributed by atoms with Crippen molar-refractivity contribution in [3.8, 4) is 5.75 Å². The molecule has 1 aromatic carbocycles. The van der Waals surface area contributed by atoms with Crippen LogP contribution in [0.2, 0.25) is 0 Å². The van der Waals surface area contributed by atoms with Gasteiger partial charge in [-0.25, -0.2) is 4.79 Å². The van der Waals surface area contributed by atoms with E-state index in [0.717, 1.165) is 24.3 Å². The zero-order valence-electron chi connectivity index (χ0n) is 13.3. The van der Waals surface area contributed by atoms with Crippen LogP contribution in [-0.4, -0.2) is 35.5 Å². The van der Waals surface area contributed by atoms with Crippen LogP contribution in [0.25, 0.3) is 0 Å². The van der Waals surface area contributed by atoms with Gasteiger partial charge >= 0.3 is 6.03 Å². The molecule has 0 bridgehead atoms. The Kier molecular flexibility index (Phi) is 3.59. The third kappa shape index (κ3) is 2.34. The highest BCUT2D eigenvalue weighted by molar-refractivity contribution is 6.06. The number of nitrogens with one attached hydrogen (secondary N) is 1. The van der Waals surface area contributed by atoms with Crippen LogP contribution in [0.3, 0.4) is 0 Å². The third-order valence-corrected chi connectivity index (χ3v) is 4.83. The molecule has 2 heterocycles. The van der Waals surface area contributed by atoms with Gasteiger partial charge in [-0.05, 0) is 36.5 Å². The van der Waals surface area contributed by atoms with Gasteiger partial charge in [-0.3, -0.25) is 9.69 Å². The Balaban J connectivity index is 1.69. The standard InChI is InChI=1S/C17H22N2O3/c1-11(2)17(3)15(20)19(16(21)18-17)8-6-12-4-5-14-13(10-12)7-9-22-14/h4-5,10-11H,6-9H2,1-3H3,(H,18,21). The van der Waals surface area contributed by atoms with Crippen molar-refractivity contribution < 1.29 is 14.3 Å². The lowest BCUT2D eigenvalue weighted by molar-refractivity contribution is -0.132. The first-order valence-corrected chi connectivity index (χ1v) is 7.80. The number of rotatable bonds is 4. The Morgan fingerprint density at radius 3 is 2.82 bits per heavy atom. The van der Waals surface area contributed by atoms with E-state index in [1.807, 2.05) is 26.0 Å². The molecule has 0 aliphatic carbocycles. The molecule has 1 fully saturated rings. The van der Waals surface area contributed by atoms with Gasteiger partial charge in [-0.15, -0.1) is 0 Å². The van der Waals surface area contributed by atoms with Crippen LogP contribution in [0.4, 0.5) is 4.79 Å². The maximum Gasteiger partial charge on any atom is 0.325 e. The highest BCUT2D eigenvalue weighted by atomic mass is 16.5. The van der Waals surface area contributed by atoms with Crippen molar-refractivity contribution in [1.82, 2.24) is 10.2 Å². The lowest BCUT2D eigenvalue weighted by atomic mass is 9.88. The number of carbonyl (C=O) groups excluding carboxylic acids is 2. The molecule has 1 aromatic rings. The van der Waals surface area contributed by atoms with Crippen molar-refractivity contribution in [1.29, 1.82) is 0 Å². The predicted molar refractivity (Wildman–Crippen MR) is 82.8 cm³/mol. The highest BCUT2D eigenvalue weighted by Gasteiger charge is 2.49. The fourth-order valence-electron chi connectivity index (χ4n) is 2.95. The predicted octanol–water partition coefficient (Wildman–Crippen LogP) is 2.13. The fourth-order valence-corrected chi connectivity index (χ4v) is 2.95. The monoisotopic (exact) mass is 302 g/mol. The van der Waals surface area contributed by atoms with Crippen LogP contribution in [0.5, 0.6) is 5.75 Å². The summed E-state index contributed by atoms with van der Waals surface area (Å²) in [7, 11) is 0. The number of urea groups is 1. The summed E-state index contributed by atoms with van der Waals surface area (Å²) in [5, 5.41) is 2.82. The average Bonchev–Trinajstić information content (AvgIpc) is 3.01. The molecule has 5 nitrogen and oxygen atoms in total. The molecule has 0 saturated carbocycles. The first kappa shape index (κ1) is 14.9. The molecule has 118 valence electrons. The molecule has 0 aromatic heterocycles. The molecule has 1 atom stereocenters. The van der Waals surface area contributed by atoms with Gasteiger partial charge < -0.3 is 10.1 Å². The molecule has 1 unspecified atom stereocenters. The number of benzene rings is 1. The Morgan fingerprint density at radius 2 is 2.14 bits per heavy atom. The van der Waals surface area contributed by atoms with Gasteiger partial charge in [0.05, 0.1) is 6.61 Å². The van der Waals surface area contributed by atoms with Gasteiger partial charge in [0.1, 0.15) is 11.3 Å². The summed E-state index contributed by atoms with van der Waals surface area (Å²) in [4.78, 5) is 25.9. The number of fused-ring (bicyclic) bond motifs is 1. The summed E-state index contributed by atoms with van der Waals surface area (Å²) in [6.07, 6.45) is 1.60. The van der Waals surface area contributed by atoms with Gasteiger partial charge in [-0.1, -0.05) is 26.0 Å². The van der Waals surface area contributed by atoms with E-state index in [2.05, 4.69) is 11.4 Å². The van der Waals surface area contributed by atoms with E-state index in [1.54, 1.807) is 6.92 Å². The van der Waals surface area contributed by atoms with Crippen molar-refractivity contribution in [2.45, 2.75) is 39.2 Å². The van der Waals surface area contributed by atoms with Gasteiger partial charge in [0.15, 0.2) is 0 Å². The molecule has 3 amide bonds. The minimum atomic E-state index is -0.789. The van der Waals surface area contributed by atoms with Crippen LogP contribution in [0, 0.1) is 5.92 Å². The Labute approximate surface area is 130 Å². The minimum Gasteiger partial charge on any atom is -0.493 e. The van der Waals surface area contributed by atoms with Crippen LogP contribution in [-0.2, 0) is 17.6 Å². The Morgan fingerprint density at radius 1 is 1.36 bits per heavy atom. The molecule has 2 aliphatic heterocycles. The summed E-state index contributed by atoms with van der Waals surface area (Å²) in [6, 6.07) is 5.81. The van der Waals surface area contributed by atoms with Crippen LogP contribution < -0.4 is 10.1 Å². The second kappa shape index (κ2) is 5.30. The average molecular weight is 302 g/mol. The van der Waals surface area contributed by atoms with Crippen LogP contribution >= 0.6 is 0 Å². The fraction of sp³-hybridized carbons (Fsp3) is 0.529.